The first-order valence-corrected chi connectivity index (χ1v) is 11.0. The van der Waals surface area contributed by atoms with Crippen molar-refractivity contribution in [2.24, 2.45) is 5.92 Å². The molecular formula is C24H32FN3O3. The molecule has 0 saturated carbocycles. The van der Waals surface area contributed by atoms with E-state index in [1.807, 2.05) is 19.9 Å². The second-order valence-corrected chi connectivity index (χ2v) is 8.20. The Morgan fingerprint density at radius 1 is 1.19 bits per heavy atom. The van der Waals surface area contributed by atoms with Gasteiger partial charge in [-0.15, -0.1) is 0 Å². The van der Waals surface area contributed by atoms with Gasteiger partial charge in [0.15, 0.2) is 11.6 Å². The summed E-state index contributed by atoms with van der Waals surface area (Å²) in [7, 11) is 1.35. The van der Waals surface area contributed by atoms with Gasteiger partial charge in [0, 0.05) is 12.1 Å². The van der Waals surface area contributed by atoms with Crippen LogP contribution in [0.3, 0.4) is 0 Å². The highest BCUT2D eigenvalue weighted by atomic mass is 19.1. The number of nitrogens with zero attached hydrogens (tertiary/aromatic N) is 3. The summed E-state index contributed by atoms with van der Waals surface area (Å²) in [6.45, 7) is 6.80. The van der Waals surface area contributed by atoms with E-state index in [-0.39, 0.29) is 0 Å². The summed E-state index contributed by atoms with van der Waals surface area (Å²) in [4.78, 5) is 22.7. The van der Waals surface area contributed by atoms with E-state index >= 15 is 0 Å². The zero-order valence-electron chi connectivity index (χ0n) is 18.6. The number of ether oxygens (including phenoxy) is 2. The Morgan fingerprint density at radius 3 is 2.48 bits per heavy atom. The van der Waals surface area contributed by atoms with E-state index in [4.69, 9.17) is 9.47 Å². The van der Waals surface area contributed by atoms with Crippen LogP contribution in [-0.2, 0) is 4.74 Å². The summed E-state index contributed by atoms with van der Waals surface area (Å²) in [6, 6.07) is 7.02. The SMILES string of the molecule is CCC(F)(CC)CN1CCC(COc2cnc(-c3cccc(C(=O)OC)c3)nc2)CC1. The third-order valence-corrected chi connectivity index (χ3v) is 6.14. The molecule has 2 heterocycles. The number of carbonyl (C=O) groups excluding carboxylic acids is 1. The van der Waals surface area contributed by atoms with Crippen molar-refractivity contribution >= 4 is 5.97 Å². The van der Waals surface area contributed by atoms with Gasteiger partial charge in [0.05, 0.1) is 31.7 Å². The molecule has 1 saturated heterocycles. The third kappa shape index (κ3) is 6.23. The third-order valence-electron chi connectivity index (χ3n) is 6.14. The van der Waals surface area contributed by atoms with Gasteiger partial charge in [0.1, 0.15) is 5.67 Å². The van der Waals surface area contributed by atoms with Crippen molar-refractivity contribution in [2.75, 3.05) is 33.4 Å². The first kappa shape index (κ1) is 23.1. The van der Waals surface area contributed by atoms with E-state index in [0.717, 1.165) is 31.5 Å². The van der Waals surface area contributed by atoms with E-state index in [9.17, 15) is 9.18 Å². The molecule has 0 atom stereocenters. The second kappa shape index (κ2) is 10.7. The smallest absolute Gasteiger partial charge is 0.337 e. The standard InChI is InChI=1S/C24H32FN3O3/c1-4-24(25,5-2)17-28-11-9-18(10-12-28)16-31-21-14-26-22(27-15-21)19-7-6-8-20(13-19)23(29)30-3/h6-8,13-15,18H,4-5,9-12,16-17H2,1-3H3. The van der Waals surface area contributed by atoms with Gasteiger partial charge in [0.2, 0.25) is 0 Å². The van der Waals surface area contributed by atoms with Crippen molar-refractivity contribution < 1.29 is 18.7 Å². The highest BCUT2D eigenvalue weighted by Gasteiger charge is 2.30. The number of alkyl halides is 1. The van der Waals surface area contributed by atoms with Crippen LogP contribution in [0.1, 0.15) is 49.9 Å². The maximum absolute atomic E-state index is 14.6. The van der Waals surface area contributed by atoms with Gasteiger partial charge < -0.3 is 14.4 Å². The van der Waals surface area contributed by atoms with Crippen molar-refractivity contribution in [1.82, 2.24) is 14.9 Å². The van der Waals surface area contributed by atoms with Crippen LogP contribution in [0.5, 0.6) is 5.75 Å². The van der Waals surface area contributed by atoms with Gasteiger partial charge in [-0.1, -0.05) is 26.0 Å². The summed E-state index contributed by atoms with van der Waals surface area (Å²) in [5.41, 5.74) is 0.127. The fraction of sp³-hybridized carbons (Fsp3) is 0.542. The molecule has 0 bridgehead atoms. The molecule has 0 spiro atoms. The molecule has 3 rings (SSSR count). The van der Waals surface area contributed by atoms with Crippen LogP contribution < -0.4 is 4.74 Å². The number of methoxy groups -OCH3 is 1. The summed E-state index contributed by atoms with van der Waals surface area (Å²) >= 11 is 0. The minimum absolute atomic E-state index is 0.394. The predicted octanol–water partition coefficient (Wildman–Crippen LogP) is 4.55. The van der Waals surface area contributed by atoms with Crippen LogP contribution in [-0.4, -0.2) is 59.9 Å². The van der Waals surface area contributed by atoms with Crippen molar-refractivity contribution in [3.05, 3.63) is 42.2 Å². The summed E-state index contributed by atoms with van der Waals surface area (Å²) in [5, 5.41) is 0. The Hall–Kier alpha value is -2.54. The van der Waals surface area contributed by atoms with Crippen LogP contribution in [0.4, 0.5) is 4.39 Å². The number of halogens is 1. The lowest BCUT2D eigenvalue weighted by Gasteiger charge is -2.36. The van der Waals surface area contributed by atoms with Crippen molar-refractivity contribution in [1.29, 1.82) is 0 Å². The second-order valence-electron chi connectivity index (χ2n) is 8.20. The highest BCUT2D eigenvalue weighted by molar-refractivity contribution is 5.90. The molecule has 2 aromatic rings. The molecule has 0 aliphatic carbocycles. The van der Waals surface area contributed by atoms with Crippen molar-refractivity contribution in [3.63, 3.8) is 0 Å². The number of likely N-dealkylation sites (tertiary alicyclic amines) is 1. The van der Waals surface area contributed by atoms with Crippen LogP contribution in [0, 0.1) is 5.92 Å². The average molecular weight is 430 g/mol. The summed E-state index contributed by atoms with van der Waals surface area (Å²) < 4.78 is 25.3. The van der Waals surface area contributed by atoms with Gasteiger partial charge >= 0.3 is 5.97 Å². The van der Waals surface area contributed by atoms with Crippen LogP contribution in [0.25, 0.3) is 11.4 Å². The molecule has 0 unspecified atom stereocenters. The molecule has 1 fully saturated rings. The molecule has 1 aromatic heterocycles. The number of rotatable bonds is 9. The number of esters is 1. The quantitative estimate of drug-likeness (QED) is 0.545. The average Bonchev–Trinajstić information content (AvgIpc) is 2.83. The molecule has 1 aliphatic rings. The van der Waals surface area contributed by atoms with Crippen molar-refractivity contribution in [3.8, 4) is 17.1 Å². The Morgan fingerprint density at radius 2 is 1.87 bits per heavy atom. The van der Waals surface area contributed by atoms with E-state index in [1.165, 1.54) is 7.11 Å². The zero-order chi connectivity index (χ0) is 22.3. The van der Waals surface area contributed by atoms with Gasteiger partial charge in [-0.25, -0.2) is 19.2 Å². The molecule has 7 heteroatoms. The fourth-order valence-electron chi connectivity index (χ4n) is 3.84. The number of benzene rings is 1. The van der Waals surface area contributed by atoms with Gasteiger partial charge in [-0.2, -0.15) is 0 Å². The molecule has 6 nitrogen and oxygen atoms in total. The summed E-state index contributed by atoms with van der Waals surface area (Å²) in [6.07, 6.45) is 6.45. The van der Waals surface area contributed by atoms with Crippen LogP contribution in [0.15, 0.2) is 36.7 Å². The number of hydrogen-bond acceptors (Lipinski definition) is 6. The fourth-order valence-corrected chi connectivity index (χ4v) is 3.84. The lowest BCUT2D eigenvalue weighted by molar-refractivity contribution is 0.0567. The Kier molecular flexibility index (Phi) is 7.96. The topological polar surface area (TPSA) is 64.5 Å². The Labute approximate surface area is 183 Å². The lowest BCUT2D eigenvalue weighted by Crippen LogP contribution is -2.44. The first-order chi connectivity index (χ1) is 15.0. The van der Waals surface area contributed by atoms with E-state index in [2.05, 4.69) is 14.9 Å². The van der Waals surface area contributed by atoms with Crippen molar-refractivity contribution in [2.45, 2.75) is 45.2 Å². The van der Waals surface area contributed by atoms with E-state index < -0.39 is 11.6 Å². The normalized spacial score (nSPS) is 15.6. The Balaban J connectivity index is 1.49. The molecule has 0 N–H and O–H groups in total. The first-order valence-electron chi connectivity index (χ1n) is 11.0. The number of carbonyl (C=O) groups is 1. The summed E-state index contributed by atoms with van der Waals surface area (Å²) in [5.74, 6) is 1.20. The van der Waals surface area contributed by atoms with Crippen LogP contribution in [0.2, 0.25) is 0 Å². The van der Waals surface area contributed by atoms with Gasteiger partial charge in [-0.05, 0) is 56.8 Å². The molecule has 1 aromatic carbocycles. The van der Waals surface area contributed by atoms with E-state index in [1.54, 1.807) is 30.6 Å². The molecule has 168 valence electrons. The molecule has 31 heavy (non-hydrogen) atoms. The van der Waals surface area contributed by atoms with E-state index in [0.29, 0.717) is 49.0 Å². The molecular weight excluding hydrogens is 397 g/mol. The van der Waals surface area contributed by atoms with Gasteiger partial charge in [-0.3, -0.25) is 0 Å². The molecule has 1 aliphatic heterocycles. The maximum atomic E-state index is 14.6. The maximum Gasteiger partial charge on any atom is 0.337 e. The Bertz CT molecular complexity index is 847. The highest BCUT2D eigenvalue weighted by Crippen LogP contribution is 2.26. The number of hydrogen-bond donors (Lipinski definition) is 0. The number of aromatic nitrogens is 2. The van der Waals surface area contributed by atoms with Crippen LogP contribution >= 0.6 is 0 Å². The monoisotopic (exact) mass is 429 g/mol. The minimum atomic E-state index is -1.07. The predicted molar refractivity (Wildman–Crippen MR) is 118 cm³/mol. The number of piperidine rings is 1. The zero-order valence-corrected chi connectivity index (χ0v) is 18.6. The lowest BCUT2D eigenvalue weighted by atomic mass is 9.94. The molecule has 0 amide bonds. The van der Waals surface area contributed by atoms with Gasteiger partial charge in [0.25, 0.3) is 0 Å². The molecule has 0 radical (unpaired) electrons. The largest absolute Gasteiger partial charge is 0.490 e. The minimum Gasteiger partial charge on any atom is -0.490 e.